The fourth-order valence-corrected chi connectivity index (χ4v) is 2.10. The summed E-state index contributed by atoms with van der Waals surface area (Å²) in [6, 6.07) is 9.84. The van der Waals surface area contributed by atoms with Crippen molar-refractivity contribution in [2.45, 2.75) is 6.92 Å². The highest BCUT2D eigenvalue weighted by Gasteiger charge is 2.19. The first-order valence-electron chi connectivity index (χ1n) is 6.59. The molecule has 0 aliphatic carbocycles. The van der Waals surface area contributed by atoms with E-state index < -0.39 is 4.92 Å². The predicted octanol–water partition coefficient (Wildman–Crippen LogP) is 2.83. The average Bonchev–Trinajstić information content (AvgIpc) is 2.98. The van der Waals surface area contributed by atoms with E-state index >= 15 is 0 Å². The number of benzene rings is 2. The number of nitro groups is 1. The molecule has 116 valence electrons. The zero-order valence-corrected chi connectivity index (χ0v) is 11.9. The molecule has 0 saturated carbocycles. The molecule has 9 heteroatoms. The van der Waals surface area contributed by atoms with Crippen molar-refractivity contribution in [3.8, 4) is 0 Å². The molecule has 0 atom stereocenters. The van der Waals surface area contributed by atoms with Crippen molar-refractivity contribution in [1.82, 2.24) is 10.3 Å². The van der Waals surface area contributed by atoms with Crippen molar-refractivity contribution in [1.29, 1.82) is 0 Å². The van der Waals surface area contributed by atoms with Crippen LogP contribution in [0.4, 0.5) is 22.7 Å². The molecule has 1 amide bonds. The summed E-state index contributed by atoms with van der Waals surface area (Å²) in [6.45, 7) is 1.43. The van der Waals surface area contributed by atoms with E-state index in [0.717, 1.165) is 5.69 Å². The molecular formula is C14H11N5O4. The Labute approximate surface area is 129 Å². The Morgan fingerprint density at radius 1 is 1.09 bits per heavy atom. The molecule has 3 aromatic rings. The van der Waals surface area contributed by atoms with Gasteiger partial charge in [0.25, 0.3) is 0 Å². The Bertz CT molecular complexity index is 888. The van der Waals surface area contributed by atoms with Gasteiger partial charge in [0.15, 0.2) is 5.52 Å². The SMILES string of the molecule is CC(=O)Nc1ccc(Nc2ccc([N+](=O)[O-])c3nonc23)cc1. The number of aromatic nitrogens is 2. The van der Waals surface area contributed by atoms with Gasteiger partial charge in [0.1, 0.15) is 0 Å². The third kappa shape index (κ3) is 2.93. The molecule has 1 heterocycles. The second kappa shape index (κ2) is 5.72. The number of hydrogen-bond acceptors (Lipinski definition) is 7. The third-order valence-electron chi connectivity index (χ3n) is 3.08. The average molecular weight is 313 g/mol. The lowest BCUT2D eigenvalue weighted by atomic mass is 10.2. The zero-order valence-electron chi connectivity index (χ0n) is 11.9. The highest BCUT2D eigenvalue weighted by Crippen LogP contribution is 2.30. The van der Waals surface area contributed by atoms with Crippen LogP contribution in [0.25, 0.3) is 11.0 Å². The number of nitro benzene ring substituents is 1. The van der Waals surface area contributed by atoms with Crippen LogP contribution in [0.3, 0.4) is 0 Å². The molecule has 0 fully saturated rings. The van der Waals surface area contributed by atoms with Gasteiger partial charge < -0.3 is 10.6 Å². The standard InChI is InChI=1S/C14H11N5O4/c1-8(20)15-9-2-4-10(5-3-9)16-11-6-7-12(19(21)22)14-13(11)17-23-18-14/h2-7,16H,1H3,(H,15,20). The predicted molar refractivity (Wildman–Crippen MR) is 82.5 cm³/mol. The van der Waals surface area contributed by atoms with E-state index in [2.05, 4.69) is 25.6 Å². The minimum absolute atomic E-state index is 0.0786. The van der Waals surface area contributed by atoms with Gasteiger partial charge in [0, 0.05) is 24.4 Å². The van der Waals surface area contributed by atoms with Gasteiger partial charge in [-0.2, -0.15) is 0 Å². The summed E-state index contributed by atoms with van der Waals surface area (Å²) >= 11 is 0. The van der Waals surface area contributed by atoms with Crippen LogP contribution in [0.2, 0.25) is 0 Å². The van der Waals surface area contributed by atoms with E-state index in [9.17, 15) is 14.9 Å². The lowest BCUT2D eigenvalue weighted by Gasteiger charge is -2.08. The van der Waals surface area contributed by atoms with Gasteiger partial charge >= 0.3 is 5.69 Å². The number of rotatable bonds is 4. The highest BCUT2D eigenvalue weighted by atomic mass is 16.6. The molecule has 23 heavy (non-hydrogen) atoms. The first kappa shape index (κ1) is 14.4. The summed E-state index contributed by atoms with van der Waals surface area (Å²) < 4.78 is 4.61. The summed E-state index contributed by atoms with van der Waals surface area (Å²) in [5.74, 6) is -0.156. The minimum Gasteiger partial charge on any atom is -0.354 e. The number of hydrogen-bond donors (Lipinski definition) is 2. The minimum atomic E-state index is -0.543. The number of nitrogens with one attached hydrogen (secondary N) is 2. The maximum absolute atomic E-state index is 11.0. The number of nitrogens with zero attached hydrogens (tertiary/aromatic N) is 3. The van der Waals surface area contributed by atoms with Crippen LogP contribution in [-0.2, 0) is 4.79 Å². The van der Waals surface area contributed by atoms with Gasteiger partial charge in [-0.1, -0.05) is 0 Å². The smallest absolute Gasteiger partial charge is 0.300 e. The second-order valence-corrected chi connectivity index (χ2v) is 4.73. The highest BCUT2D eigenvalue weighted by molar-refractivity contribution is 5.95. The summed E-state index contributed by atoms with van der Waals surface area (Å²) in [5, 5.41) is 24.0. The van der Waals surface area contributed by atoms with Crippen LogP contribution in [0, 0.1) is 10.1 Å². The van der Waals surface area contributed by atoms with Crippen molar-refractivity contribution in [3.05, 3.63) is 46.5 Å². The Morgan fingerprint density at radius 2 is 1.74 bits per heavy atom. The van der Waals surface area contributed by atoms with Gasteiger partial charge in [-0.3, -0.25) is 14.9 Å². The van der Waals surface area contributed by atoms with Gasteiger partial charge in [-0.05, 0) is 40.6 Å². The molecule has 2 N–H and O–H groups in total. The molecule has 9 nitrogen and oxygen atoms in total. The van der Waals surface area contributed by atoms with E-state index in [-0.39, 0.29) is 22.6 Å². The van der Waals surface area contributed by atoms with Crippen molar-refractivity contribution >= 4 is 39.7 Å². The topological polar surface area (TPSA) is 123 Å². The molecule has 0 bridgehead atoms. The van der Waals surface area contributed by atoms with E-state index in [1.165, 1.54) is 19.1 Å². The summed E-state index contributed by atoms with van der Waals surface area (Å²) in [7, 11) is 0. The first-order chi connectivity index (χ1) is 11.0. The van der Waals surface area contributed by atoms with Gasteiger partial charge in [0.2, 0.25) is 11.4 Å². The third-order valence-corrected chi connectivity index (χ3v) is 3.08. The first-order valence-corrected chi connectivity index (χ1v) is 6.59. The largest absolute Gasteiger partial charge is 0.354 e. The van der Waals surface area contributed by atoms with Crippen LogP contribution < -0.4 is 10.6 Å². The number of carbonyl (C=O) groups is 1. The molecule has 3 rings (SSSR count). The van der Waals surface area contributed by atoms with Crippen molar-refractivity contribution in [3.63, 3.8) is 0 Å². The molecule has 0 spiro atoms. The molecule has 0 aliphatic rings. The normalized spacial score (nSPS) is 10.5. The van der Waals surface area contributed by atoms with Crippen molar-refractivity contribution in [2.75, 3.05) is 10.6 Å². The quantitative estimate of drug-likeness (QED) is 0.560. The second-order valence-electron chi connectivity index (χ2n) is 4.73. The van der Waals surface area contributed by atoms with Gasteiger partial charge in [0.05, 0.1) is 10.6 Å². The molecule has 0 saturated heterocycles. The molecule has 1 aromatic heterocycles. The number of non-ortho nitro benzene ring substituents is 1. The Hall–Kier alpha value is -3.49. The molecule has 0 radical (unpaired) electrons. The molecule has 0 unspecified atom stereocenters. The Balaban J connectivity index is 1.90. The van der Waals surface area contributed by atoms with E-state index in [1.807, 2.05) is 0 Å². The van der Waals surface area contributed by atoms with Crippen molar-refractivity contribution in [2.24, 2.45) is 0 Å². The summed E-state index contributed by atoms with van der Waals surface area (Å²) in [4.78, 5) is 21.4. The summed E-state index contributed by atoms with van der Waals surface area (Å²) in [6.07, 6.45) is 0. The number of fused-ring (bicyclic) bond motifs is 1. The number of amides is 1. The van der Waals surface area contributed by atoms with Crippen LogP contribution in [0.1, 0.15) is 6.92 Å². The van der Waals surface area contributed by atoms with Gasteiger partial charge in [-0.25, -0.2) is 4.63 Å². The lowest BCUT2D eigenvalue weighted by molar-refractivity contribution is -0.383. The van der Waals surface area contributed by atoms with Crippen LogP contribution in [0.5, 0.6) is 0 Å². The maximum atomic E-state index is 11.0. The monoisotopic (exact) mass is 313 g/mol. The van der Waals surface area contributed by atoms with Crippen LogP contribution >= 0.6 is 0 Å². The molecule has 0 aliphatic heterocycles. The number of anilines is 3. The molecular weight excluding hydrogens is 302 g/mol. The van der Waals surface area contributed by atoms with Crippen LogP contribution in [-0.4, -0.2) is 21.1 Å². The fourth-order valence-electron chi connectivity index (χ4n) is 2.10. The van der Waals surface area contributed by atoms with E-state index in [0.29, 0.717) is 11.4 Å². The Morgan fingerprint density at radius 3 is 2.39 bits per heavy atom. The lowest BCUT2D eigenvalue weighted by Crippen LogP contribution is -2.05. The molecule has 2 aromatic carbocycles. The number of carbonyl (C=O) groups excluding carboxylic acids is 1. The van der Waals surface area contributed by atoms with Crippen LogP contribution in [0.15, 0.2) is 41.0 Å². The zero-order chi connectivity index (χ0) is 16.4. The summed E-state index contributed by atoms with van der Waals surface area (Å²) in [5.41, 5.74) is 2.09. The van der Waals surface area contributed by atoms with E-state index in [4.69, 9.17) is 0 Å². The fraction of sp³-hybridized carbons (Fsp3) is 0.0714. The van der Waals surface area contributed by atoms with Crippen molar-refractivity contribution < 1.29 is 14.3 Å². The van der Waals surface area contributed by atoms with Gasteiger partial charge in [-0.15, -0.1) is 0 Å². The van der Waals surface area contributed by atoms with E-state index in [1.54, 1.807) is 24.3 Å². The maximum Gasteiger partial charge on any atom is 0.300 e. The Kier molecular flexibility index (Phi) is 3.59.